The van der Waals surface area contributed by atoms with Crippen molar-refractivity contribution in [3.05, 3.63) is 83.7 Å². The summed E-state index contributed by atoms with van der Waals surface area (Å²) < 4.78 is 44.1. The van der Waals surface area contributed by atoms with Crippen LogP contribution < -0.4 is 0 Å². The third-order valence-electron chi connectivity index (χ3n) is 6.48. The van der Waals surface area contributed by atoms with Gasteiger partial charge in [0.15, 0.2) is 5.82 Å². The van der Waals surface area contributed by atoms with Crippen molar-refractivity contribution >= 4 is 22.6 Å². The van der Waals surface area contributed by atoms with Gasteiger partial charge in [-0.2, -0.15) is 18.2 Å². The van der Waals surface area contributed by atoms with Crippen LogP contribution >= 0.6 is 0 Å². The Hall–Kier alpha value is -4.21. The Bertz CT molecular complexity index is 1460. The second kappa shape index (κ2) is 9.68. The van der Waals surface area contributed by atoms with Gasteiger partial charge in [-0.3, -0.25) is 9.59 Å². The third-order valence-corrected chi connectivity index (χ3v) is 6.48. The molecule has 1 atom stereocenters. The summed E-state index contributed by atoms with van der Waals surface area (Å²) in [5, 5.41) is 5.64. The molecule has 1 saturated heterocycles. The number of piperazine rings is 1. The van der Waals surface area contributed by atoms with E-state index >= 15 is 0 Å². The maximum absolute atomic E-state index is 13.3. The van der Waals surface area contributed by atoms with Crippen molar-refractivity contribution < 1.29 is 27.3 Å². The summed E-state index contributed by atoms with van der Waals surface area (Å²) in [5.41, 5.74) is -0.0837. The lowest BCUT2D eigenvalue weighted by molar-refractivity contribution is -0.137. The Kier molecular flexibility index (Phi) is 6.41. The molecule has 2 heterocycles. The zero-order valence-electron chi connectivity index (χ0n) is 19.9. The standard InChI is InChI=1S/C27H23F3N4O3/c1-17-16-33(12-13-34(17)26(36)22-11-5-7-18-6-2-3-10-21(18)22)24(35)15-23-31-25(37-32-23)19-8-4-9-20(14-19)27(28,29)30/h2-11,14,17H,12-13,15-16H2,1H3. The Morgan fingerprint density at radius 2 is 1.78 bits per heavy atom. The van der Waals surface area contributed by atoms with Crippen LogP contribution in [0.5, 0.6) is 0 Å². The largest absolute Gasteiger partial charge is 0.416 e. The lowest BCUT2D eigenvalue weighted by Gasteiger charge is -2.40. The Balaban J connectivity index is 1.24. The highest BCUT2D eigenvalue weighted by molar-refractivity contribution is 6.07. The van der Waals surface area contributed by atoms with Crippen molar-refractivity contribution in [2.75, 3.05) is 19.6 Å². The molecule has 1 aliphatic heterocycles. The summed E-state index contributed by atoms with van der Waals surface area (Å²) in [6.07, 6.45) is -4.66. The van der Waals surface area contributed by atoms with Crippen molar-refractivity contribution in [3.63, 3.8) is 0 Å². The van der Waals surface area contributed by atoms with Gasteiger partial charge in [0.2, 0.25) is 5.91 Å². The molecule has 0 N–H and O–H groups in total. The molecule has 190 valence electrons. The molecule has 0 radical (unpaired) electrons. The summed E-state index contributed by atoms with van der Waals surface area (Å²) in [6, 6.07) is 17.7. The van der Waals surface area contributed by atoms with E-state index in [1.54, 1.807) is 9.80 Å². The van der Waals surface area contributed by atoms with Gasteiger partial charge in [-0.05, 0) is 42.0 Å². The monoisotopic (exact) mass is 508 g/mol. The van der Waals surface area contributed by atoms with E-state index in [1.807, 2.05) is 49.4 Å². The fourth-order valence-electron chi connectivity index (χ4n) is 4.57. The molecule has 37 heavy (non-hydrogen) atoms. The van der Waals surface area contributed by atoms with E-state index in [-0.39, 0.29) is 41.6 Å². The van der Waals surface area contributed by atoms with Gasteiger partial charge in [-0.15, -0.1) is 0 Å². The quantitative estimate of drug-likeness (QED) is 0.395. The lowest BCUT2D eigenvalue weighted by atomic mass is 10.0. The van der Waals surface area contributed by atoms with E-state index in [4.69, 9.17) is 4.52 Å². The zero-order chi connectivity index (χ0) is 26.2. The summed E-state index contributed by atoms with van der Waals surface area (Å²) in [7, 11) is 0. The van der Waals surface area contributed by atoms with Crippen molar-refractivity contribution in [2.45, 2.75) is 25.6 Å². The zero-order valence-corrected chi connectivity index (χ0v) is 19.9. The molecule has 10 heteroatoms. The van der Waals surface area contributed by atoms with E-state index in [1.165, 1.54) is 12.1 Å². The molecule has 1 fully saturated rings. The normalized spacial score (nSPS) is 16.3. The van der Waals surface area contributed by atoms with Gasteiger partial charge < -0.3 is 14.3 Å². The molecule has 0 spiro atoms. The number of hydrogen-bond acceptors (Lipinski definition) is 5. The van der Waals surface area contributed by atoms with Gasteiger partial charge in [0.05, 0.1) is 12.0 Å². The highest BCUT2D eigenvalue weighted by Gasteiger charge is 2.32. The van der Waals surface area contributed by atoms with Gasteiger partial charge in [0, 0.05) is 36.8 Å². The van der Waals surface area contributed by atoms with Crippen molar-refractivity contribution in [1.29, 1.82) is 0 Å². The maximum atomic E-state index is 13.3. The summed E-state index contributed by atoms with van der Waals surface area (Å²) >= 11 is 0. The van der Waals surface area contributed by atoms with Gasteiger partial charge in [0.1, 0.15) is 0 Å². The number of hydrogen-bond donors (Lipinski definition) is 0. The summed E-state index contributed by atoms with van der Waals surface area (Å²) in [5.74, 6) is -0.340. The van der Waals surface area contributed by atoms with Crippen LogP contribution in [0, 0.1) is 0 Å². The fraction of sp³-hybridized carbons (Fsp3) is 0.259. The van der Waals surface area contributed by atoms with Gasteiger partial charge in [-0.25, -0.2) is 0 Å². The van der Waals surface area contributed by atoms with Crippen LogP contribution in [-0.2, 0) is 17.4 Å². The minimum absolute atomic E-state index is 0.0827. The van der Waals surface area contributed by atoms with E-state index in [9.17, 15) is 22.8 Å². The molecule has 0 aliphatic carbocycles. The number of aromatic nitrogens is 2. The van der Waals surface area contributed by atoms with E-state index in [2.05, 4.69) is 10.1 Å². The average Bonchev–Trinajstić information content (AvgIpc) is 3.36. The van der Waals surface area contributed by atoms with Crippen LogP contribution in [0.25, 0.3) is 22.2 Å². The smallest absolute Gasteiger partial charge is 0.338 e. The summed E-state index contributed by atoms with van der Waals surface area (Å²) in [6.45, 7) is 2.95. The van der Waals surface area contributed by atoms with Crippen LogP contribution in [0.1, 0.15) is 28.7 Å². The molecular formula is C27H23F3N4O3. The Morgan fingerprint density at radius 3 is 2.57 bits per heavy atom. The predicted molar refractivity (Wildman–Crippen MR) is 129 cm³/mol. The second-order valence-electron chi connectivity index (χ2n) is 8.99. The molecule has 2 amide bonds. The molecule has 1 aliphatic rings. The minimum atomic E-state index is -4.50. The molecule has 0 saturated carbocycles. The van der Waals surface area contributed by atoms with E-state index in [0.29, 0.717) is 25.2 Å². The first kappa shape index (κ1) is 24.5. The van der Waals surface area contributed by atoms with Gasteiger partial charge in [-0.1, -0.05) is 47.6 Å². The first-order valence-electron chi connectivity index (χ1n) is 11.8. The van der Waals surface area contributed by atoms with Crippen molar-refractivity contribution in [3.8, 4) is 11.5 Å². The van der Waals surface area contributed by atoms with E-state index in [0.717, 1.165) is 22.9 Å². The molecule has 1 unspecified atom stereocenters. The number of amides is 2. The van der Waals surface area contributed by atoms with Crippen LogP contribution in [0.4, 0.5) is 13.2 Å². The molecule has 4 aromatic rings. The molecule has 7 nitrogen and oxygen atoms in total. The Morgan fingerprint density at radius 1 is 1.03 bits per heavy atom. The van der Waals surface area contributed by atoms with E-state index < -0.39 is 11.7 Å². The number of nitrogens with zero attached hydrogens (tertiary/aromatic N) is 4. The molecule has 0 bridgehead atoms. The number of carbonyl (C=O) groups is 2. The highest BCUT2D eigenvalue weighted by Crippen LogP contribution is 2.31. The van der Waals surface area contributed by atoms with Crippen LogP contribution in [0.15, 0.2) is 71.3 Å². The van der Waals surface area contributed by atoms with Crippen molar-refractivity contribution in [1.82, 2.24) is 19.9 Å². The third kappa shape index (κ3) is 5.04. The Labute approximate surface area is 210 Å². The fourth-order valence-corrected chi connectivity index (χ4v) is 4.57. The SMILES string of the molecule is CC1CN(C(=O)Cc2noc(-c3cccc(C(F)(F)F)c3)n2)CCN1C(=O)c1cccc2ccccc12. The second-order valence-corrected chi connectivity index (χ2v) is 8.99. The van der Waals surface area contributed by atoms with Gasteiger partial charge in [0.25, 0.3) is 11.8 Å². The number of halogens is 3. The predicted octanol–water partition coefficient (Wildman–Crippen LogP) is 4.82. The van der Waals surface area contributed by atoms with Crippen LogP contribution in [0.3, 0.4) is 0 Å². The number of rotatable bonds is 4. The summed E-state index contributed by atoms with van der Waals surface area (Å²) in [4.78, 5) is 33.8. The number of benzene rings is 3. The molecular weight excluding hydrogens is 485 g/mol. The first-order valence-corrected chi connectivity index (χ1v) is 11.8. The number of fused-ring (bicyclic) bond motifs is 1. The highest BCUT2D eigenvalue weighted by atomic mass is 19.4. The number of alkyl halides is 3. The van der Waals surface area contributed by atoms with Crippen LogP contribution in [-0.4, -0.2) is 57.4 Å². The number of carbonyl (C=O) groups excluding carboxylic acids is 2. The minimum Gasteiger partial charge on any atom is -0.338 e. The molecule has 5 rings (SSSR count). The molecule has 3 aromatic carbocycles. The first-order chi connectivity index (χ1) is 17.7. The average molecular weight is 509 g/mol. The van der Waals surface area contributed by atoms with Gasteiger partial charge >= 0.3 is 6.18 Å². The maximum Gasteiger partial charge on any atom is 0.416 e. The van der Waals surface area contributed by atoms with Crippen LogP contribution in [0.2, 0.25) is 0 Å². The van der Waals surface area contributed by atoms with Crippen molar-refractivity contribution in [2.24, 2.45) is 0 Å². The molecule has 1 aromatic heterocycles. The lowest BCUT2D eigenvalue weighted by Crippen LogP contribution is -2.55. The topological polar surface area (TPSA) is 79.5 Å².